The average molecular weight is 536 g/mol. The number of aromatic nitrogens is 3. The first kappa shape index (κ1) is 25.5. The van der Waals surface area contributed by atoms with Gasteiger partial charge in [0.1, 0.15) is 10.5 Å². The van der Waals surface area contributed by atoms with Crippen LogP contribution in [-0.4, -0.2) is 90.5 Å². The van der Waals surface area contributed by atoms with Gasteiger partial charge in [-0.2, -0.15) is 4.98 Å². The highest BCUT2D eigenvalue weighted by molar-refractivity contribution is 7.16. The van der Waals surface area contributed by atoms with Gasteiger partial charge in [0.2, 0.25) is 17.3 Å². The summed E-state index contributed by atoms with van der Waals surface area (Å²) in [6, 6.07) is 0. The minimum absolute atomic E-state index is 0.0137. The molecule has 2 fully saturated rings. The fourth-order valence-electron chi connectivity index (χ4n) is 5.46. The standard InChI is InChI=1S/C28H37N7O2S/c1-18-6-9-22-21(16-18)35-25-20(17-29-28(30-25)33-11-5-10-32(4)13-14-33)24(36)23(27(35)38-22)34(15-12-31(2)3)26(37)19-7-8-19/h9,16-19H,5-8,10-15H2,1-4H3. The van der Waals surface area contributed by atoms with E-state index in [-0.39, 0.29) is 17.3 Å². The molecule has 1 atom stereocenters. The molecule has 4 heterocycles. The molecule has 0 bridgehead atoms. The zero-order chi connectivity index (χ0) is 26.6. The largest absolute Gasteiger partial charge is 0.339 e. The van der Waals surface area contributed by atoms with Crippen molar-refractivity contribution >= 4 is 56.9 Å². The SMILES string of the molecule is CC1C=c2c(sc3c(N(CCN(C)C)C(=O)C4CC4)c(=O)c4cnc(N5CCCN(C)CC5)nc4n23)=CC1. The van der Waals surface area contributed by atoms with Crippen molar-refractivity contribution in [2.75, 3.05) is 70.2 Å². The fraction of sp³-hybridized carbons (Fsp3) is 0.571. The fourth-order valence-corrected chi connectivity index (χ4v) is 6.69. The lowest BCUT2D eigenvalue weighted by Gasteiger charge is -2.25. The summed E-state index contributed by atoms with van der Waals surface area (Å²) in [5.74, 6) is 1.13. The second-order valence-electron chi connectivity index (χ2n) is 11.4. The van der Waals surface area contributed by atoms with Gasteiger partial charge in [-0.15, -0.1) is 11.3 Å². The summed E-state index contributed by atoms with van der Waals surface area (Å²) in [5, 5.41) is 1.54. The number of nitrogens with zero attached hydrogens (tertiary/aromatic N) is 7. The lowest BCUT2D eigenvalue weighted by Crippen LogP contribution is -2.41. The summed E-state index contributed by atoms with van der Waals surface area (Å²) < 4.78 is 3.27. The number of thiazole rings is 1. The zero-order valence-electron chi connectivity index (χ0n) is 22.8. The minimum atomic E-state index is -0.151. The summed E-state index contributed by atoms with van der Waals surface area (Å²) in [6.45, 7) is 7.11. The number of hydrogen-bond donors (Lipinski definition) is 0. The Morgan fingerprint density at radius 1 is 1.16 bits per heavy atom. The van der Waals surface area contributed by atoms with Crippen LogP contribution in [0.25, 0.3) is 28.0 Å². The molecule has 1 aliphatic heterocycles. The molecule has 1 amide bonds. The Balaban J connectivity index is 1.61. The zero-order valence-corrected chi connectivity index (χ0v) is 23.6. The van der Waals surface area contributed by atoms with Crippen molar-refractivity contribution in [3.05, 3.63) is 26.3 Å². The van der Waals surface area contributed by atoms with E-state index in [9.17, 15) is 9.59 Å². The van der Waals surface area contributed by atoms with E-state index >= 15 is 0 Å². The smallest absolute Gasteiger partial charge is 0.230 e. The van der Waals surface area contributed by atoms with Crippen LogP contribution in [0.5, 0.6) is 0 Å². The molecule has 2 aliphatic carbocycles. The molecule has 0 aromatic carbocycles. The first-order chi connectivity index (χ1) is 18.3. The number of likely N-dealkylation sites (N-methyl/N-ethyl adjacent to an activating group) is 2. The van der Waals surface area contributed by atoms with Gasteiger partial charge in [0.25, 0.3) is 0 Å². The van der Waals surface area contributed by atoms with Crippen LogP contribution < -0.4 is 25.1 Å². The molecule has 0 spiro atoms. The van der Waals surface area contributed by atoms with Gasteiger partial charge in [-0.25, -0.2) is 4.98 Å². The maximum Gasteiger partial charge on any atom is 0.230 e. The molecule has 0 radical (unpaired) electrons. The number of amides is 1. The van der Waals surface area contributed by atoms with Crippen LogP contribution in [-0.2, 0) is 4.79 Å². The lowest BCUT2D eigenvalue weighted by atomic mass is 10.0. The Labute approximate surface area is 226 Å². The van der Waals surface area contributed by atoms with E-state index in [1.54, 1.807) is 22.4 Å². The van der Waals surface area contributed by atoms with Crippen molar-refractivity contribution < 1.29 is 4.79 Å². The van der Waals surface area contributed by atoms with E-state index in [0.29, 0.717) is 41.7 Å². The number of carbonyl (C=O) groups is 1. The van der Waals surface area contributed by atoms with Crippen LogP contribution in [0.15, 0.2) is 11.0 Å². The van der Waals surface area contributed by atoms with E-state index in [1.165, 1.54) is 0 Å². The number of hydrogen-bond acceptors (Lipinski definition) is 8. The summed E-state index contributed by atoms with van der Waals surface area (Å²) in [5.41, 5.74) is 0.971. The molecule has 202 valence electrons. The third-order valence-corrected chi connectivity index (χ3v) is 9.05. The molecular formula is C28H37N7O2S. The highest BCUT2D eigenvalue weighted by atomic mass is 32.1. The first-order valence-corrected chi connectivity index (χ1v) is 14.6. The van der Waals surface area contributed by atoms with Crippen LogP contribution in [0.3, 0.4) is 0 Å². The van der Waals surface area contributed by atoms with E-state index < -0.39 is 0 Å². The second-order valence-corrected chi connectivity index (χ2v) is 12.4. The Bertz CT molecular complexity index is 1570. The monoisotopic (exact) mass is 535 g/mol. The van der Waals surface area contributed by atoms with E-state index in [2.05, 4.69) is 45.2 Å². The highest BCUT2D eigenvalue weighted by Gasteiger charge is 2.36. The van der Waals surface area contributed by atoms with Crippen molar-refractivity contribution in [2.45, 2.75) is 32.6 Å². The van der Waals surface area contributed by atoms with Crippen LogP contribution in [0.2, 0.25) is 0 Å². The second kappa shape index (κ2) is 10.1. The van der Waals surface area contributed by atoms with Crippen molar-refractivity contribution in [2.24, 2.45) is 11.8 Å². The minimum Gasteiger partial charge on any atom is -0.339 e. The molecule has 0 N–H and O–H groups in total. The van der Waals surface area contributed by atoms with Gasteiger partial charge in [-0.3, -0.25) is 14.0 Å². The first-order valence-electron chi connectivity index (χ1n) is 13.8. The van der Waals surface area contributed by atoms with Crippen molar-refractivity contribution in [3.8, 4) is 0 Å². The maximum atomic E-state index is 14.2. The van der Waals surface area contributed by atoms with Gasteiger partial charge in [0, 0.05) is 49.4 Å². The van der Waals surface area contributed by atoms with Crippen LogP contribution in [0.1, 0.15) is 32.6 Å². The third kappa shape index (κ3) is 4.63. The quantitative estimate of drug-likeness (QED) is 0.472. The Morgan fingerprint density at radius 3 is 2.74 bits per heavy atom. The molecular weight excluding hydrogens is 498 g/mol. The molecule has 6 rings (SSSR count). The normalized spacial score (nSPS) is 20.3. The van der Waals surface area contributed by atoms with Gasteiger partial charge in [-0.1, -0.05) is 19.1 Å². The lowest BCUT2D eigenvalue weighted by molar-refractivity contribution is -0.119. The number of carbonyl (C=O) groups excluding carboxylic acids is 1. The predicted octanol–water partition coefficient (Wildman–Crippen LogP) is 1.35. The van der Waals surface area contributed by atoms with Gasteiger partial charge in [0.15, 0.2) is 5.65 Å². The van der Waals surface area contributed by atoms with Gasteiger partial charge >= 0.3 is 0 Å². The van der Waals surface area contributed by atoms with E-state index in [4.69, 9.17) is 9.97 Å². The topological polar surface area (TPSA) is 77.3 Å². The molecule has 1 saturated carbocycles. The Hall–Kier alpha value is -2.82. The molecule has 9 nitrogen and oxygen atoms in total. The molecule has 3 aromatic heterocycles. The third-order valence-electron chi connectivity index (χ3n) is 7.89. The van der Waals surface area contributed by atoms with Crippen LogP contribution >= 0.6 is 11.3 Å². The van der Waals surface area contributed by atoms with E-state index in [0.717, 1.165) is 66.6 Å². The Morgan fingerprint density at radius 2 is 1.97 bits per heavy atom. The number of fused-ring (bicyclic) bond motifs is 5. The molecule has 1 unspecified atom stereocenters. The molecule has 10 heteroatoms. The van der Waals surface area contributed by atoms with Gasteiger partial charge in [0.05, 0.1) is 10.7 Å². The number of anilines is 2. The van der Waals surface area contributed by atoms with Crippen LogP contribution in [0.4, 0.5) is 11.6 Å². The number of pyridine rings is 1. The van der Waals surface area contributed by atoms with Gasteiger partial charge < -0.3 is 19.6 Å². The van der Waals surface area contributed by atoms with Crippen molar-refractivity contribution in [3.63, 3.8) is 0 Å². The summed E-state index contributed by atoms with van der Waals surface area (Å²) in [6.07, 6.45) is 10.0. The highest BCUT2D eigenvalue weighted by Crippen LogP contribution is 2.34. The Kier molecular flexibility index (Phi) is 6.74. The molecule has 3 aliphatic rings. The summed E-state index contributed by atoms with van der Waals surface area (Å²) in [4.78, 5) is 46.7. The van der Waals surface area contributed by atoms with Crippen molar-refractivity contribution in [1.82, 2.24) is 24.2 Å². The summed E-state index contributed by atoms with van der Waals surface area (Å²) in [7, 11) is 6.13. The molecule has 3 aromatic rings. The van der Waals surface area contributed by atoms with Crippen LogP contribution in [0, 0.1) is 11.8 Å². The van der Waals surface area contributed by atoms with Crippen molar-refractivity contribution in [1.29, 1.82) is 0 Å². The predicted molar refractivity (Wildman–Crippen MR) is 155 cm³/mol. The maximum absolute atomic E-state index is 14.2. The molecule has 1 saturated heterocycles. The van der Waals surface area contributed by atoms with E-state index in [1.807, 2.05) is 14.1 Å². The van der Waals surface area contributed by atoms with Gasteiger partial charge in [-0.05, 0) is 59.3 Å². The molecule has 38 heavy (non-hydrogen) atoms. The average Bonchev–Trinajstić information content (AvgIpc) is 3.70. The summed E-state index contributed by atoms with van der Waals surface area (Å²) >= 11 is 1.60. The number of rotatable bonds is 6.